The van der Waals surface area contributed by atoms with Gasteiger partial charge >= 0.3 is 6.18 Å². The van der Waals surface area contributed by atoms with Gasteiger partial charge in [0.05, 0.1) is 11.3 Å². The molecule has 0 aliphatic carbocycles. The van der Waals surface area contributed by atoms with Gasteiger partial charge in [-0.05, 0) is 30.5 Å². The molecule has 0 aliphatic rings. The Balaban J connectivity index is 2.98. The molecule has 0 saturated carbocycles. The molecular formula is C15H19F3N2O2. The average molecular weight is 316 g/mol. The lowest BCUT2D eigenvalue weighted by Gasteiger charge is -2.16. The van der Waals surface area contributed by atoms with Crippen LogP contribution in [-0.2, 0) is 15.8 Å². The monoisotopic (exact) mass is 316 g/mol. The average Bonchev–Trinajstić information content (AvgIpc) is 2.36. The quantitative estimate of drug-likeness (QED) is 0.861. The minimum Gasteiger partial charge on any atom is -0.326 e. The fraction of sp³-hybridized carbons (Fsp3) is 0.467. The van der Waals surface area contributed by atoms with Crippen LogP contribution in [0.1, 0.15) is 39.2 Å². The maximum atomic E-state index is 13.1. The van der Waals surface area contributed by atoms with Gasteiger partial charge in [0.2, 0.25) is 11.8 Å². The summed E-state index contributed by atoms with van der Waals surface area (Å²) in [6.45, 7) is 5.06. The van der Waals surface area contributed by atoms with E-state index in [9.17, 15) is 22.8 Å². The predicted molar refractivity (Wildman–Crippen MR) is 78.4 cm³/mol. The molecule has 1 rings (SSSR count). The zero-order valence-electron chi connectivity index (χ0n) is 12.7. The number of anilines is 2. The Bertz CT molecular complexity index is 554. The number of amides is 2. The molecule has 0 saturated heterocycles. The van der Waals surface area contributed by atoms with Crippen LogP contribution in [0, 0.1) is 5.92 Å². The van der Waals surface area contributed by atoms with Gasteiger partial charge in [-0.2, -0.15) is 13.2 Å². The highest BCUT2D eigenvalue weighted by molar-refractivity contribution is 5.93. The van der Waals surface area contributed by atoms with Gasteiger partial charge in [-0.15, -0.1) is 0 Å². The smallest absolute Gasteiger partial charge is 0.326 e. The van der Waals surface area contributed by atoms with Crippen LogP contribution >= 0.6 is 0 Å². The van der Waals surface area contributed by atoms with E-state index in [1.807, 2.05) is 13.8 Å². The van der Waals surface area contributed by atoms with Gasteiger partial charge in [0.15, 0.2) is 0 Å². The number of nitrogens with one attached hydrogen (secondary N) is 2. The zero-order valence-corrected chi connectivity index (χ0v) is 12.7. The molecular weight excluding hydrogens is 297 g/mol. The standard InChI is InChI=1S/C15H19F3N2O2/c1-9(2)4-7-14(22)20-13-6-5-11(19-10(3)21)8-12(13)15(16,17)18/h5-6,8-9H,4,7H2,1-3H3,(H,19,21)(H,20,22). The normalized spacial score (nSPS) is 11.4. The summed E-state index contributed by atoms with van der Waals surface area (Å²) in [5, 5.41) is 4.57. The third kappa shape index (κ3) is 5.75. The molecule has 0 radical (unpaired) electrons. The van der Waals surface area contributed by atoms with E-state index in [0.29, 0.717) is 6.42 Å². The van der Waals surface area contributed by atoms with Gasteiger partial charge < -0.3 is 10.6 Å². The lowest BCUT2D eigenvalue weighted by atomic mass is 10.1. The highest BCUT2D eigenvalue weighted by Gasteiger charge is 2.34. The van der Waals surface area contributed by atoms with E-state index in [-0.39, 0.29) is 23.7 Å². The molecule has 2 amide bonds. The molecule has 1 aromatic rings. The van der Waals surface area contributed by atoms with Crippen LogP contribution in [0.2, 0.25) is 0 Å². The summed E-state index contributed by atoms with van der Waals surface area (Å²) in [5.41, 5.74) is -1.27. The summed E-state index contributed by atoms with van der Waals surface area (Å²) < 4.78 is 39.2. The lowest BCUT2D eigenvalue weighted by Crippen LogP contribution is -2.17. The van der Waals surface area contributed by atoms with Crippen LogP contribution in [-0.4, -0.2) is 11.8 Å². The molecule has 0 atom stereocenters. The topological polar surface area (TPSA) is 58.2 Å². The first kappa shape index (κ1) is 18.0. The minimum absolute atomic E-state index is 0.0278. The van der Waals surface area contributed by atoms with Crippen LogP contribution < -0.4 is 10.6 Å². The Kier molecular flexibility index (Phi) is 5.96. The predicted octanol–water partition coefficient (Wildman–Crippen LogP) is 4.04. The van der Waals surface area contributed by atoms with Crippen LogP contribution in [0.15, 0.2) is 18.2 Å². The number of carbonyl (C=O) groups excluding carboxylic acids is 2. The SMILES string of the molecule is CC(=O)Nc1ccc(NC(=O)CCC(C)C)c(C(F)(F)F)c1. The van der Waals surface area contributed by atoms with E-state index in [1.54, 1.807) is 0 Å². The Labute approximate surface area is 127 Å². The summed E-state index contributed by atoms with van der Waals surface area (Å²) >= 11 is 0. The van der Waals surface area contributed by atoms with E-state index < -0.39 is 23.6 Å². The fourth-order valence-corrected chi connectivity index (χ4v) is 1.80. The van der Waals surface area contributed by atoms with E-state index in [1.165, 1.54) is 13.0 Å². The summed E-state index contributed by atoms with van der Waals surface area (Å²) in [6.07, 6.45) is -3.88. The molecule has 0 spiro atoms. The maximum absolute atomic E-state index is 13.1. The molecule has 0 heterocycles. The van der Waals surface area contributed by atoms with Crippen molar-refractivity contribution in [3.05, 3.63) is 23.8 Å². The number of alkyl halides is 3. The van der Waals surface area contributed by atoms with Crippen molar-refractivity contribution in [1.82, 2.24) is 0 Å². The second kappa shape index (κ2) is 7.29. The molecule has 22 heavy (non-hydrogen) atoms. The van der Waals surface area contributed by atoms with Gasteiger partial charge in [0, 0.05) is 19.0 Å². The van der Waals surface area contributed by atoms with E-state index >= 15 is 0 Å². The number of hydrogen-bond acceptors (Lipinski definition) is 2. The first-order valence-corrected chi connectivity index (χ1v) is 6.88. The first-order valence-electron chi connectivity index (χ1n) is 6.88. The Morgan fingerprint density at radius 2 is 1.82 bits per heavy atom. The summed E-state index contributed by atoms with van der Waals surface area (Å²) in [4.78, 5) is 22.6. The highest BCUT2D eigenvalue weighted by atomic mass is 19.4. The molecule has 0 fully saturated rings. The largest absolute Gasteiger partial charge is 0.418 e. The molecule has 122 valence electrons. The van der Waals surface area contributed by atoms with Gasteiger partial charge in [-0.3, -0.25) is 9.59 Å². The van der Waals surface area contributed by atoms with Crippen LogP contribution in [0.5, 0.6) is 0 Å². The number of hydrogen-bond donors (Lipinski definition) is 2. The fourth-order valence-electron chi connectivity index (χ4n) is 1.80. The third-order valence-electron chi connectivity index (χ3n) is 2.87. The third-order valence-corrected chi connectivity index (χ3v) is 2.87. The van der Waals surface area contributed by atoms with Crippen molar-refractivity contribution in [2.24, 2.45) is 5.92 Å². The Morgan fingerprint density at radius 1 is 1.18 bits per heavy atom. The Morgan fingerprint density at radius 3 is 2.32 bits per heavy atom. The molecule has 0 aliphatic heterocycles. The van der Waals surface area contributed by atoms with Crippen molar-refractivity contribution in [3.8, 4) is 0 Å². The van der Waals surface area contributed by atoms with Crippen molar-refractivity contribution >= 4 is 23.2 Å². The maximum Gasteiger partial charge on any atom is 0.418 e. The molecule has 1 aromatic carbocycles. The first-order chi connectivity index (χ1) is 10.1. The van der Waals surface area contributed by atoms with Crippen molar-refractivity contribution in [2.75, 3.05) is 10.6 Å². The summed E-state index contributed by atoms with van der Waals surface area (Å²) in [7, 11) is 0. The van der Waals surface area contributed by atoms with Crippen LogP contribution in [0.25, 0.3) is 0 Å². The number of rotatable bonds is 5. The van der Waals surface area contributed by atoms with Crippen LogP contribution in [0.3, 0.4) is 0 Å². The molecule has 0 unspecified atom stereocenters. The molecule has 7 heteroatoms. The van der Waals surface area contributed by atoms with Gasteiger partial charge in [0.25, 0.3) is 0 Å². The number of carbonyl (C=O) groups is 2. The molecule has 4 nitrogen and oxygen atoms in total. The van der Waals surface area contributed by atoms with E-state index in [0.717, 1.165) is 12.1 Å². The van der Waals surface area contributed by atoms with E-state index in [4.69, 9.17) is 0 Å². The number of benzene rings is 1. The highest BCUT2D eigenvalue weighted by Crippen LogP contribution is 2.36. The van der Waals surface area contributed by atoms with Crippen molar-refractivity contribution < 1.29 is 22.8 Å². The second-order valence-corrected chi connectivity index (χ2v) is 5.42. The zero-order chi connectivity index (χ0) is 16.9. The van der Waals surface area contributed by atoms with Crippen molar-refractivity contribution in [2.45, 2.75) is 39.8 Å². The molecule has 0 bridgehead atoms. The molecule has 0 aromatic heterocycles. The summed E-state index contributed by atoms with van der Waals surface area (Å²) in [5.74, 6) is -0.650. The van der Waals surface area contributed by atoms with Gasteiger partial charge in [-0.1, -0.05) is 13.8 Å². The minimum atomic E-state index is -4.63. The number of halogens is 3. The van der Waals surface area contributed by atoms with Gasteiger partial charge in [0.1, 0.15) is 0 Å². The van der Waals surface area contributed by atoms with Crippen molar-refractivity contribution in [1.29, 1.82) is 0 Å². The van der Waals surface area contributed by atoms with Crippen LogP contribution in [0.4, 0.5) is 24.5 Å². The molecule has 2 N–H and O–H groups in total. The summed E-state index contributed by atoms with van der Waals surface area (Å²) in [6, 6.07) is 3.26. The second-order valence-electron chi connectivity index (χ2n) is 5.42. The Hall–Kier alpha value is -2.05. The lowest BCUT2D eigenvalue weighted by molar-refractivity contribution is -0.137. The van der Waals surface area contributed by atoms with Crippen molar-refractivity contribution in [3.63, 3.8) is 0 Å². The van der Waals surface area contributed by atoms with E-state index in [2.05, 4.69) is 10.6 Å². The van der Waals surface area contributed by atoms with Gasteiger partial charge in [-0.25, -0.2) is 0 Å².